The third kappa shape index (κ3) is 1.59. The summed E-state index contributed by atoms with van der Waals surface area (Å²) in [6, 6.07) is 5.79. The Labute approximate surface area is 110 Å². The zero-order valence-electron chi connectivity index (χ0n) is 10.4. The minimum atomic E-state index is -1.54. The van der Waals surface area contributed by atoms with Gasteiger partial charge >= 0.3 is 6.03 Å². The molecule has 0 saturated carbocycles. The molecule has 1 aliphatic rings. The van der Waals surface area contributed by atoms with Crippen LogP contribution in [-0.4, -0.2) is 32.7 Å². The Bertz CT molecular complexity index is 485. The number of carbonyl (C=O) groups excluding carboxylic acids is 1. The molecule has 0 aromatic heterocycles. The molecule has 1 fully saturated rings. The SMILES string of the molecule is CC1(C)N(O)C(=O)N(c2ccc(Cl)cc2)C1(C)O. The molecule has 0 aliphatic carbocycles. The second-order valence-corrected chi connectivity index (χ2v) is 5.42. The van der Waals surface area contributed by atoms with E-state index in [9.17, 15) is 15.1 Å². The van der Waals surface area contributed by atoms with Crippen molar-refractivity contribution in [2.45, 2.75) is 32.0 Å². The molecule has 0 bridgehead atoms. The molecule has 1 aliphatic heterocycles. The maximum atomic E-state index is 12.0. The minimum absolute atomic E-state index is 0.471. The number of anilines is 1. The van der Waals surface area contributed by atoms with Gasteiger partial charge in [-0.3, -0.25) is 10.1 Å². The maximum Gasteiger partial charge on any atom is 0.351 e. The van der Waals surface area contributed by atoms with Crippen molar-refractivity contribution in [2.75, 3.05) is 4.90 Å². The zero-order valence-corrected chi connectivity index (χ0v) is 11.1. The number of nitrogens with zero attached hydrogens (tertiary/aromatic N) is 2. The number of halogens is 1. The van der Waals surface area contributed by atoms with E-state index < -0.39 is 17.3 Å². The molecule has 0 spiro atoms. The van der Waals surface area contributed by atoms with Gasteiger partial charge in [-0.15, -0.1) is 0 Å². The molecular formula is C12H15ClN2O3. The van der Waals surface area contributed by atoms with Crippen LogP contribution in [0, 0.1) is 0 Å². The second kappa shape index (κ2) is 3.85. The molecule has 1 heterocycles. The predicted molar refractivity (Wildman–Crippen MR) is 67.7 cm³/mol. The predicted octanol–water partition coefficient (Wildman–Crippen LogP) is 2.46. The lowest BCUT2D eigenvalue weighted by atomic mass is 9.92. The molecule has 1 unspecified atom stereocenters. The highest BCUT2D eigenvalue weighted by Crippen LogP contribution is 2.41. The Balaban J connectivity index is 2.51. The number of amides is 2. The number of carbonyl (C=O) groups is 1. The van der Waals surface area contributed by atoms with Gasteiger partial charge in [0.2, 0.25) is 0 Å². The summed E-state index contributed by atoms with van der Waals surface area (Å²) >= 11 is 5.78. The van der Waals surface area contributed by atoms with Gasteiger partial charge in [0.1, 0.15) is 5.54 Å². The number of aliphatic hydroxyl groups is 1. The number of hydrogen-bond acceptors (Lipinski definition) is 3. The van der Waals surface area contributed by atoms with Crippen molar-refractivity contribution in [3.63, 3.8) is 0 Å². The van der Waals surface area contributed by atoms with Gasteiger partial charge in [-0.1, -0.05) is 11.6 Å². The molecule has 6 heteroatoms. The summed E-state index contributed by atoms with van der Waals surface area (Å²) in [6.45, 7) is 4.65. The van der Waals surface area contributed by atoms with Gasteiger partial charge in [0.15, 0.2) is 5.72 Å². The third-order valence-electron chi connectivity index (χ3n) is 3.58. The van der Waals surface area contributed by atoms with Crippen molar-refractivity contribution in [3.8, 4) is 0 Å². The van der Waals surface area contributed by atoms with E-state index in [-0.39, 0.29) is 0 Å². The molecule has 1 atom stereocenters. The standard InChI is InChI=1S/C12H15ClN2O3/c1-11(2)12(3,17)14(10(16)15(11)18)9-6-4-8(13)5-7-9/h4-7,17-18H,1-3H3. The summed E-state index contributed by atoms with van der Waals surface area (Å²) in [6.07, 6.45) is 0. The van der Waals surface area contributed by atoms with Crippen LogP contribution in [0.3, 0.4) is 0 Å². The molecular weight excluding hydrogens is 256 g/mol. The van der Waals surface area contributed by atoms with Gasteiger partial charge in [-0.05, 0) is 45.0 Å². The monoisotopic (exact) mass is 270 g/mol. The molecule has 18 heavy (non-hydrogen) atoms. The van der Waals surface area contributed by atoms with Crippen LogP contribution in [0.5, 0.6) is 0 Å². The topological polar surface area (TPSA) is 64.0 Å². The van der Waals surface area contributed by atoms with Gasteiger partial charge in [0.05, 0.1) is 0 Å². The highest BCUT2D eigenvalue weighted by Gasteiger charge is 2.60. The molecule has 2 N–H and O–H groups in total. The first-order valence-electron chi connectivity index (χ1n) is 5.51. The van der Waals surface area contributed by atoms with Crippen LogP contribution in [0.25, 0.3) is 0 Å². The van der Waals surface area contributed by atoms with E-state index in [0.717, 1.165) is 4.90 Å². The first-order valence-corrected chi connectivity index (χ1v) is 5.88. The smallest absolute Gasteiger partial charge is 0.351 e. The zero-order chi connectivity index (χ0) is 13.7. The van der Waals surface area contributed by atoms with Crippen LogP contribution in [0.4, 0.5) is 10.5 Å². The fourth-order valence-corrected chi connectivity index (χ4v) is 2.07. The Morgan fingerprint density at radius 3 is 2.06 bits per heavy atom. The van der Waals surface area contributed by atoms with Crippen LogP contribution in [0.15, 0.2) is 24.3 Å². The van der Waals surface area contributed by atoms with E-state index in [1.54, 1.807) is 38.1 Å². The third-order valence-corrected chi connectivity index (χ3v) is 3.83. The Kier molecular flexibility index (Phi) is 2.81. The molecule has 1 aromatic rings. The fraction of sp³-hybridized carbons (Fsp3) is 0.417. The van der Waals surface area contributed by atoms with E-state index >= 15 is 0 Å². The van der Waals surface area contributed by atoms with E-state index in [0.29, 0.717) is 15.8 Å². The quantitative estimate of drug-likeness (QED) is 0.771. The van der Waals surface area contributed by atoms with Gasteiger partial charge < -0.3 is 5.11 Å². The molecule has 1 saturated heterocycles. The molecule has 2 amide bonds. The summed E-state index contributed by atoms with van der Waals surface area (Å²) in [5, 5.41) is 21.4. The average molecular weight is 271 g/mol. The Hall–Kier alpha value is -1.30. The molecule has 1 aromatic carbocycles. The first-order chi connectivity index (χ1) is 8.19. The Morgan fingerprint density at radius 2 is 1.67 bits per heavy atom. The second-order valence-electron chi connectivity index (χ2n) is 4.99. The van der Waals surface area contributed by atoms with Gasteiger partial charge in [0.25, 0.3) is 0 Å². The van der Waals surface area contributed by atoms with Crippen molar-refractivity contribution in [1.82, 2.24) is 5.06 Å². The average Bonchev–Trinajstić information content (AvgIpc) is 2.40. The van der Waals surface area contributed by atoms with Crippen LogP contribution in [0.2, 0.25) is 5.02 Å². The minimum Gasteiger partial charge on any atom is -0.368 e. The number of benzene rings is 1. The van der Waals surface area contributed by atoms with E-state index in [2.05, 4.69) is 0 Å². The summed E-state index contributed by atoms with van der Waals surface area (Å²) in [7, 11) is 0. The van der Waals surface area contributed by atoms with Gasteiger partial charge in [0, 0.05) is 10.7 Å². The number of hydrogen-bond donors (Lipinski definition) is 2. The van der Waals surface area contributed by atoms with Gasteiger partial charge in [-0.2, -0.15) is 5.06 Å². The van der Waals surface area contributed by atoms with Crippen molar-refractivity contribution in [3.05, 3.63) is 29.3 Å². The Morgan fingerprint density at radius 1 is 1.17 bits per heavy atom. The molecule has 0 radical (unpaired) electrons. The van der Waals surface area contributed by atoms with E-state index in [4.69, 9.17) is 11.6 Å². The largest absolute Gasteiger partial charge is 0.368 e. The summed E-state index contributed by atoms with van der Waals surface area (Å²) < 4.78 is 0. The molecule has 2 rings (SSSR count). The van der Waals surface area contributed by atoms with E-state index in [1.165, 1.54) is 6.92 Å². The highest BCUT2D eigenvalue weighted by atomic mass is 35.5. The molecule has 5 nitrogen and oxygen atoms in total. The number of hydroxylamine groups is 2. The van der Waals surface area contributed by atoms with Crippen molar-refractivity contribution in [2.24, 2.45) is 0 Å². The first kappa shape index (κ1) is 13.1. The summed E-state index contributed by atoms with van der Waals surface area (Å²) in [5.74, 6) is 0. The van der Waals surface area contributed by atoms with Crippen LogP contribution in [0.1, 0.15) is 20.8 Å². The van der Waals surface area contributed by atoms with Gasteiger partial charge in [-0.25, -0.2) is 4.79 Å². The highest BCUT2D eigenvalue weighted by molar-refractivity contribution is 6.30. The van der Waals surface area contributed by atoms with Crippen molar-refractivity contribution >= 4 is 23.3 Å². The number of urea groups is 1. The lowest BCUT2D eigenvalue weighted by Crippen LogP contribution is -2.56. The lowest BCUT2D eigenvalue weighted by molar-refractivity contribution is -0.149. The van der Waals surface area contributed by atoms with Crippen molar-refractivity contribution < 1.29 is 15.1 Å². The maximum absolute atomic E-state index is 12.0. The van der Waals surface area contributed by atoms with Crippen LogP contribution in [-0.2, 0) is 0 Å². The number of rotatable bonds is 1. The normalized spacial score (nSPS) is 26.9. The fourth-order valence-electron chi connectivity index (χ4n) is 1.95. The lowest BCUT2D eigenvalue weighted by Gasteiger charge is -2.37. The summed E-state index contributed by atoms with van der Waals surface area (Å²) in [5.41, 5.74) is -2.19. The summed E-state index contributed by atoms with van der Waals surface area (Å²) in [4.78, 5) is 13.2. The van der Waals surface area contributed by atoms with Crippen LogP contribution < -0.4 is 4.90 Å². The van der Waals surface area contributed by atoms with Crippen molar-refractivity contribution in [1.29, 1.82) is 0 Å². The van der Waals surface area contributed by atoms with E-state index in [1.807, 2.05) is 0 Å². The van der Waals surface area contributed by atoms with Crippen LogP contribution >= 0.6 is 11.6 Å². The molecule has 98 valence electrons.